The molecule has 4 nitrogen and oxygen atoms in total. The van der Waals surface area contributed by atoms with E-state index < -0.39 is 0 Å². The molecule has 0 saturated carbocycles. The van der Waals surface area contributed by atoms with Crippen molar-refractivity contribution in [3.05, 3.63) is 29.3 Å². The second-order valence-corrected chi connectivity index (χ2v) is 3.74. The predicted molar refractivity (Wildman–Crippen MR) is 62.2 cm³/mol. The molecule has 0 heterocycles. The summed E-state index contributed by atoms with van der Waals surface area (Å²) in [7, 11) is 1.62. The van der Waals surface area contributed by atoms with E-state index in [2.05, 4.69) is 5.48 Å². The first-order valence-electron chi connectivity index (χ1n) is 5.31. The molecule has 0 amide bonds. The monoisotopic (exact) mass is 225 g/mol. The van der Waals surface area contributed by atoms with E-state index in [9.17, 15) is 5.11 Å². The van der Waals surface area contributed by atoms with Crippen molar-refractivity contribution in [3.8, 4) is 5.75 Å². The summed E-state index contributed by atoms with van der Waals surface area (Å²) in [6.45, 7) is 4.94. The number of hydroxylamine groups is 1. The van der Waals surface area contributed by atoms with Crippen LogP contribution in [0.3, 0.4) is 0 Å². The number of methoxy groups -OCH3 is 1. The summed E-state index contributed by atoms with van der Waals surface area (Å²) in [5.74, 6) is 0.279. The van der Waals surface area contributed by atoms with Crippen molar-refractivity contribution >= 4 is 0 Å². The van der Waals surface area contributed by atoms with E-state index in [-0.39, 0.29) is 11.8 Å². The fourth-order valence-corrected chi connectivity index (χ4v) is 1.39. The van der Waals surface area contributed by atoms with Gasteiger partial charge in [0.15, 0.2) is 0 Å². The van der Waals surface area contributed by atoms with Gasteiger partial charge in [0.1, 0.15) is 5.75 Å². The number of phenols is 1. The van der Waals surface area contributed by atoms with E-state index in [1.807, 2.05) is 26.0 Å². The SMILES string of the molecule is COCCONC(C)c1cc(C)ccc1O. The lowest BCUT2D eigenvalue weighted by Gasteiger charge is -2.15. The number of rotatable bonds is 6. The van der Waals surface area contributed by atoms with Gasteiger partial charge in [-0.3, -0.25) is 4.84 Å². The van der Waals surface area contributed by atoms with Crippen LogP contribution in [0.1, 0.15) is 24.1 Å². The molecule has 1 atom stereocenters. The quantitative estimate of drug-likeness (QED) is 0.573. The molecule has 2 N–H and O–H groups in total. The van der Waals surface area contributed by atoms with E-state index in [1.54, 1.807) is 13.2 Å². The smallest absolute Gasteiger partial charge is 0.120 e. The Kier molecular flexibility index (Phi) is 5.25. The average molecular weight is 225 g/mol. The molecule has 0 fully saturated rings. The predicted octanol–water partition coefficient (Wildman–Crippen LogP) is 1.93. The third-order valence-electron chi connectivity index (χ3n) is 2.30. The van der Waals surface area contributed by atoms with Gasteiger partial charge in [-0.05, 0) is 19.9 Å². The van der Waals surface area contributed by atoms with Crippen LogP contribution in [0.25, 0.3) is 0 Å². The second-order valence-electron chi connectivity index (χ2n) is 3.74. The normalized spacial score (nSPS) is 12.7. The zero-order valence-electron chi connectivity index (χ0n) is 9.99. The van der Waals surface area contributed by atoms with Gasteiger partial charge in [-0.1, -0.05) is 17.7 Å². The van der Waals surface area contributed by atoms with Gasteiger partial charge >= 0.3 is 0 Å². The fraction of sp³-hybridized carbons (Fsp3) is 0.500. The Morgan fingerprint density at radius 3 is 2.81 bits per heavy atom. The number of aromatic hydroxyl groups is 1. The van der Waals surface area contributed by atoms with Gasteiger partial charge in [0, 0.05) is 12.7 Å². The average Bonchev–Trinajstić information content (AvgIpc) is 2.27. The zero-order chi connectivity index (χ0) is 12.0. The molecule has 0 aliphatic heterocycles. The molecule has 90 valence electrons. The minimum atomic E-state index is -0.0586. The molecule has 0 spiro atoms. The Balaban J connectivity index is 2.51. The van der Waals surface area contributed by atoms with Crippen LogP contribution in [0.5, 0.6) is 5.75 Å². The largest absolute Gasteiger partial charge is 0.508 e. The van der Waals surface area contributed by atoms with Crippen LogP contribution in [-0.2, 0) is 9.57 Å². The molecule has 1 aromatic rings. The van der Waals surface area contributed by atoms with E-state index >= 15 is 0 Å². The Morgan fingerprint density at radius 2 is 2.12 bits per heavy atom. The molecule has 0 aromatic heterocycles. The van der Waals surface area contributed by atoms with Crippen LogP contribution >= 0.6 is 0 Å². The van der Waals surface area contributed by atoms with Gasteiger partial charge in [0.25, 0.3) is 0 Å². The topological polar surface area (TPSA) is 50.7 Å². The molecule has 0 aliphatic carbocycles. The van der Waals surface area contributed by atoms with E-state index in [0.717, 1.165) is 11.1 Å². The molecule has 0 aliphatic rings. The number of benzene rings is 1. The summed E-state index contributed by atoms with van der Waals surface area (Å²) in [5, 5.41) is 9.69. The minimum Gasteiger partial charge on any atom is -0.508 e. The maximum atomic E-state index is 9.69. The summed E-state index contributed by atoms with van der Waals surface area (Å²) in [4.78, 5) is 5.20. The molecule has 4 heteroatoms. The van der Waals surface area contributed by atoms with Crippen LogP contribution in [0.2, 0.25) is 0 Å². The first-order chi connectivity index (χ1) is 7.65. The van der Waals surface area contributed by atoms with E-state index in [0.29, 0.717) is 13.2 Å². The fourth-order valence-electron chi connectivity index (χ4n) is 1.39. The van der Waals surface area contributed by atoms with Crippen LogP contribution in [0.15, 0.2) is 18.2 Å². The van der Waals surface area contributed by atoms with Crippen LogP contribution in [0, 0.1) is 6.92 Å². The van der Waals surface area contributed by atoms with Gasteiger partial charge in [0.05, 0.1) is 19.3 Å². The number of ether oxygens (including phenoxy) is 1. The number of hydrogen-bond acceptors (Lipinski definition) is 4. The van der Waals surface area contributed by atoms with Crippen molar-refractivity contribution in [2.45, 2.75) is 19.9 Å². The van der Waals surface area contributed by atoms with Crippen molar-refractivity contribution in [3.63, 3.8) is 0 Å². The lowest BCUT2D eigenvalue weighted by molar-refractivity contribution is -0.00957. The van der Waals surface area contributed by atoms with E-state index in [4.69, 9.17) is 9.57 Å². The maximum Gasteiger partial charge on any atom is 0.120 e. The molecule has 1 rings (SSSR count). The number of hydrogen-bond donors (Lipinski definition) is 2. The Morgan fingerprint density at radius 1 is 1.38 bits per heavy atom. The lowest BCUT2D eigenvalue weighted by Crippen LogP contribution is -2.21. The number of aryl methyl sites for hydroxylation is 1. The van der Waals surface area contributed by atoms with E-state index in [1.165, 1.54) is 0 Å². The van der Waals surface area contributed by atoms with Crippen molar-refractivity contribution in [1.29, 1.82) is 0 Å². The van der Waals surface area contributed by atoms with Crippen molar-refractivity contribution in [1.82, 2.24) is 5.48 Å². The van der Waals surface area contributed by atoms with Crippen molar-refractivity contribution in [2.75, 3.05) is 20.3 Å². The summed E-state index contributed by atoms with van der Waals surface area (Å²) >= 11 is 0. The molecule has 16 heavy (non-hydrogen) atoms. The number of nitrogens with one attached hydrogen (secondary N) is 1. The van der Waals surface area contributed by atoms with Crippen molar-refractivity contribution in [2.24, 2.45) is 0 Å². The molecule has 1 aromatic carbocycles. The first-order valence-corrected chi connectivity index (χ1v) is 5.31. The summed E-state index contributed by atoms with van der Waals surface area (Å²) < 4.78 is 4.86. The summed E-state index contributed by atoms with van der Waals surface area (Å²) in [6, 6.07) is 5.44. The highest BCUT2D eigenvalue weighted by Gasteiger charge is 2.10. The minimum absolute atomic E-state index is 0.0586. The Hall–Kier alpha value is -1.10. The van der Waals surface area contributed by atoms with Gasteiger partial charge in [0.2, 0.25) is 0 Å². The maximum absolute atomic E-state index is 9.69. The highest BCUT2D eigenvalue weighted by Crippen LogP contribution is 2.24. The standard InChI is InChI=1S/C12H19NO3/c1-9-4-5-12(14)11(8-9)10(2)13-16-7-6-15-3/h4-5,8,10,13-14H,6-7H2,1-3H3. The Bertz CT molecular complexity index is 328. The lowest BCUT2D eigenvalue weighted by atomic mass is 10.1. The molecule has 0 radical (unpaired) electrons. The van der Waals surface area contributed by atoms with Crippen LogP contribution < -0.4 is 5.48 Å². The second kappa shape index (κ2) is 6.48. The first kappa shape index (κ1) is 13.0. The van der Waals surface area contributed by atoms with Gasteiger partial charge in [-0.15, -0.1) is 0 Å². The third kappa shape index (κ3) is 3.81. The molecule has 0 saturated heterocycles. The number of phenolic OH excluding ortho intramolecular Hbond substituents is 1. The van der Waals surface area contributed by atoms with Gasteiger partial charge in [-0.25, -0.2) is 0 Å². The van der Waals surface area contributed by atoms with Crippen LogP contribution in [-0.4, -0.2) is 25.4 Å². The van der Waals surface area contributed by atoms with Gasteiger partial charge in [-0.2, -0.15) is 5.48 Å². The highest BCUT2D eigenvalue weighted by molar-refractivity contribution is 5.37. The summed E-state index contributed by atoms with van der Waals surface area (Å²) in [5.41, 5.74) is 4.80. The molecular formula is C12H19NO3. The highest BCUT2D eigenvalue weighted by atomic mass is 16.7. The molecular weight excluding hydrogens is 206 g/mol. The molecule has 0 bridgehead atoms. The van der Waals surface area contributed by atoms with Crippen molar-refractivity contribution < 1.29 is 14.7 Å². The van der Waals surface area contributed by atoms with Crippen LogP contribution in [0.4, 0.5) is 0 Å². The zero-order valence-corrected chi connectivity index (χ0v) is 9.99. The summed E-state index contributed by atoms with van der Waals surface area (Å²) in [6.07, 6.45) is 0. The Labute approximate surface area is 96.1 Å². The third-order valence-corrected chi connectivity index (χ3v) is 2.30. The molecule has 1 unspecified atom stereocenters. The van der Waals surface area contributed by atoms with Gasteiger partial charge < -0.3 is 9.84 Å².